The van der Waals surface area contributed by atoms with E-state index in [9.17, 15) is 24.9 Å². The lowest BCUT2D eigenvalue weighted by Crippen LogP contribution is -2.62. The van der Waals surface area contributed by atoms with Crippen molar-refractivity contribution in [3.8, 4) is 17.1 Å². The molecule has 4 aliphatic heterocycles. The largest absolute Gasteiger partial charge is 0.481 e. The topological polar surface area (TPSA) is 193 Å². The Morgan fingerprint density at radius 3 is 1.88 bits per heavy atom. The van der Waals surface area contributed by atoms with Crippen molar-refractivity contribution in [3.63, 3.8) is 0 Å². The van der Waals surface area contributed by atoms with Crippen molar-refractivity contribution in [2.45, 2.75) is 154 Å². The lowest BCUT2D eigenvalue weighted by molar-refractivity contribution is -0.137. The van der Waals surface area contributed by atoms with E-state index in [4.69, 9.17) is 4.74 Å². The fraction of sp³-hybridized carbons (Fsp3) is 0.644. The van der Waals surface area contributed by atoms with Crippen molar-refractivity contribution in [1.29, 1.82) is 0 Å². The van der Waals surface area contributed by atoms with Crippen LogP contribution in [-0.4, -0.2) is 199 Å². The predicted octanol–water partition coefficient (Wildman–Crippen LogP) is 8.00. The van der Waals surface area contributed by atoms with Crippen molar-refractivity contribution in [3.05, 3.63) is 77.9 Å². The van der Waals surface area contributed by atoms with Crippen molar-refractivity contribution >= 4 is 29.0 Å². The van der Waals surface area contributed by atoms with Gasteiger partial charge in [-0.25, -0.2) is 4.79 Å². The van der Waals surface area contributed by atoms with E-state index >= 15 is 0 Å². The molecule has 2 atom stereocenters. The van der Waals surface area contributed by atoms with Crippen LogP contribution in [0.1, 0.15) is 135 Å². The van der Waals surface area contributed by atoms with Gasteiger partial charge in [-0.15, -0.1) is 10.2 Å². The lowest BCUT2D eigenvalue weighted by atomic mass is 9.76. The third-order valence-electron chi connectivity index (χ3n) is 17.8. The van der Waals surface area contributed by atoms with Gasteiger partial charge in [0.1, 0.15) is 5.75 Å². The number of carboxylic acids is 2. The van der Waals surface area contributed by atoms with Crippen molar-refractivity contribution in [2.24, 2.45) is 0 Å². The number of hydrogen-bond donors (Lipinski definition) is 5. The van der Waals surface area contributed by atoms with Gasteiger partial charge in [-0.05, 0) is 174 Å². The number of rotatable bonds is 22. The first-order valence-corrected chi connectivity index (χ1v) is 28.4. The first-order valence-electron chi connectivity index (χ1n) is 28.4. The number of aromatic amines is 1. The van der Waals surface area contributed by atoms with Gasteiger partial charge in [-0.1, -0.05) is 12.1 Å². The molecule has 4 fully saturated rings. The molecule has 0 aliphatic carbocycles. The molecule has 0 radical (unpaired) electrons. The van der Waals surface area contributed by atoms with E-state index in [0.29, 0.717) is 46.8 Å². The molecule has 18 heteroatoms. The van der Waals surface area contributed by atoms with E-state index in [0.717, 1.165) is 147 Å². The first kappa shape index (κ1) is 57.8. The number of nitrogens with one attached hydrogen (secondary N) is 2. The maximum absolute atomic E-state index is 11.6. The number of aliphatic hydroxyl groups excluding tert-OH is 1. The molecule has 0 bridgehead atoms. The second kappa shape index (κ2) is 24.7. The van der Waals surface area contributed by atoms with E-state index in [-0.39, 0.29) is 28.6 Å². The van der Waals surface area contributed by atoms with E-state index in [1.807, 2.05) is 48.5 Å². The Morgan fingerprint density at radius 2 is 1.30 bits per heavy atom. The monoisotopic (exact) mass is 1060 g/mol. The zero-order chi connectivity index (χ0) is 55.1. The highest BCUT2D eigenvalue weighted by atomic mass is 16.6. The van der Waals surface area contributed by atoms with Crippen molar-refractivity contribution in [1.82, 2.24) is 45.1 Å². The van der Waals surface area contributed by atoms with Crippen LogP contribution in [0.4, 0.5) is 17.1 Å². The van der Waals surface area contributed by atoms with Gasteiger partial charge in [0, 0.05) is 148 Å². The summed E-state index contributed by atoms with van der Waals surface area (Å²) in [5.41, 5.74) is 4.66. The van der Waals surface area contributed by atoms with E-state index in [2.05, 4.69) is 129 Å². The maximum atomic E-state index is 11.6. The molecule has 422 valence electrons. The molecule has 8 rings (SSSR count). The van der Waals surface area contributed by atoms with E-state index < -0.39 is 18.2 Å². The molecule has 77 heavy (non-hydrogen) atoms. The minimum Gasteiger partial charge on any atom is -0.481 e. The predicted molar refractivity (Wildman–Crippen MR) is 305 cm³/mol. The van der Waals surface area contributed by atoms with Gasteiger partial charge >= 0.3 is 11.9 Å². The van der Waals surface area contributed by atoms with Crippen LogP contribution in [0.3, 0.4) is 0 Å². The van der Waals surface area contributed by atoms with Crippen LogP contribution >= 0.6 is 0 Å². The number of aromatic nitrogens is 4. The molecule has 2 unspecified atom stereocenters. The summed E-state index contributed by atoms with van der Waals surface area (Å²) in [5, 5.41) is 48.9. The number of piperazine rings is 2. The second-order valence-electron chi connectivity index (χ2n) is 24.9. The number of aliphatic carboxylic acids is 1. The first-order chi connectivity index (χ1) is 36.6. The summed E-state index contributed by atoms with van der Waals surface area (Å²) in [6.45, 7) is 31.0. The molecule has 0 amide bonds. The molecule has 0 saturated carbocycles. The number of tetrazole rings is 1. The Labute approximate surface area is 458 Å². The Balaban J connectivity index is 0.915. The van der Waals surface area contributed by atoms with Crippen molar-refractivity contribution < 1.29 is 29.6 Å². The summed E-state index contributed by atoms with van der Waals surface area (Å²) in [6, 6.07) is 22.1. The fourth-order valence-corrected chi connectivity index (χ4v) is 12.7. The SMILES string of the molecule is CN(CCCC(=O)O)C1CCN(C(C)(C)CCC(C)(CC(C)(C)N2CCN(c3ccc(-c4nn[nH]n4)c(OC(O)c4ccc(NC5CCN(C(C)(C)C)CC5)cc4)c3)CC2)N2CCN(c3ccc(C(=O)O)cc3)CC2)CC1. The molecule has 18 nitrogen and oxygen atoms in total. The van der Waals surface area contributed by atoms with E-state index in [1.54, 1.807) is 12.1 Å². The van der Waals surface area contributed by atoms with Crippen LogP contribution in [0, 0.1) is 0 Å². The smallest absolute Gasteiger partial charge is 0.335 e. The highest BCUT2D eigenvalue weighted by Crippen LogP contribution is 2.40. The zero-order valence-electron chi connectivity index (χ0n) is 47.7. The third-order valence-corrected chi connectivity index (χ3v) is 17.8. The molecule has 5 N–H and O–H groups in total. The second-order valence-corrected chi connectivity index (χ2v) is 24.9. The van der Waals surface area contributed by atoms with Gasteiger partial charge in [0.05, 0.1) is 11.1 Å². The molecule has 0 spiro atoms. The summed E-state index contributed by atoms with van der Waals surface area (Å²) in [7, 11) is 2.15. The van der Waals surface area contributed by atoms with Gasteiger partial charge in [-0.3, -0.25) is 24.4 Å². The Bertz CT molecular complexity index is 2510. The quantitative estimate of drug-likeness (QED) is 0.0475. The Morgan fingerprint density at radius 1 is 0.714 bits per heavy atom. The van der Waals surface area contributed by atoms with Gasteiger partial charge in [0.25, 0.3) is 0 Å². The summed E-state index contributed by atoms with van der Waals surface area (Å²) in [4.78, 5) is 40.6. The molecule has 4 aromatic rings. The number of carbonyl (C=O) groups is 2. The van der Waals surface area contributed by atoms with Crippen LogP contribution in [0.25, 0.3) is 11.4 Å². The minimum absolute atomic E-state index is 0.00150. The van der Waals surface area contributed by atoms with Gasteiger partial charge in [0.15, 0.2) is 0 Å². The molecule has 3 aromatic carbocycles. The molecule has 4 aliphatic rings. The summed E-state index contributed by atoms with van der Waals surface area (Å²) >= 11 is 0. The Hall–Kier alpha value is -5.37. The average Bonchev–Trinajstić information content (AvgIpc) is 3.96. The summed E-state index contributed by atoms with van der Waals surface area (Å²) in [5.74, 6) is -0.764. The number of hydrogen-bond acceptors (Lipinski definition) is 15. The normalized spacial score (nSPS) is 19.8. The summed E-state index contributed by atoms with van der Waals surface area (Å²) in [6.07, 6.45) is 7.12. The van der Waals surface area contributed by atoms with Crippen LogP contribution in [0.2, 0.25) is 0 Å². The number of benzene rings is 3. The maximum Gasteiger partial charge on any atom is 0.335 e. The molecular weight excluding hydrogens is 973 g/mol. The van der Waals surface area contributed by atoms with Gasteiger partial charge in [-0.2, -0.15) is 5.21 Å². The molecule has 4 saturated heterocycles. The average molecular weight is 1060 g/mol. The van der Waals surface area contributed by atoms with Crippen LogP contribution in [0.5, 0.6) is 5.75 Å². The molecule has 5 heterocycles. The Kier molecular flexibility index (Phi) is 18.6. The minimum atomic E-state index is -1.21. The highest BCUT2D eigenvalue weighted by molar-refractivity contribution is 5.88. The number of nitrogens with zero attached hydrogens (tertiary/aromatic N) is 10. The van der Waals surface area contributed by atoms with Crippen LogP contribution < -0.4 is 19.9 Å². The number of aromatic carboxylic acids is 1. The number of ether oxygens (including phenoxy) is 1. The van der Waals surface area contributed by atoms with Crippen LogP contribution in [-0.2, 0) is 4.79 Å². The molecular formula is C59H90N12O6. The number of H-pyrrole nitrogens is 1. The standard InChI is InChI=1S/C59H90N12O6/c1-56(2,3)68-29-22-46(23-30-68)60-45-16-12-44(13-17-45)55(76)77-51-41-49(20-21-50(51)53-61-63-64-62-53)67-33-37-70(38-34-67)58(6,7)42-59(8,71-39-35-66(36-40-71)48-18-14-43(15-19-48)54(74)75)27-26-57(4,5)69-31-24-47(25-32-69)65(9)28-10-11-52(72)73/h12-21,41,46-47,55,60,76H,10-11,22-40,42H2,1-9H3,(H,72,73)(H,74,75)(H,61,62,63,64). The number of carboxylic acid groups (broad SMARTS) is 2. The summed E-state index contributed by atoms with van der Waals surface area (Å²) < 4.78 is 6.39. The van der Waals surface area contributed by atoms with E-state index in [1.165, 1.54) is 0 Å². The third kappa shape index (κ3) is 14.9. The highest BCUT2D eigenvalue weighted by Gasteiger charge is 2.44. The zero-order valence-corrected chi connectivity index (χ0v) is 47.7. The number of anilines is 3. The fourth-order valence-electron chi connectivity index (χ4n) is 12.7. The van der Waals surface area contributed by atoms with Gasteiger partial charge < -0.3 is 40.1 Å². The van der Waals surface area contributed by atoms with Gasteiger partial charge in [0.2, 0.25) is 12.1 Å². The lowest BCUT2D eigenvalue weighted by Gasteiger charge is -2.54. The number of likely N-dealkylation sites (tertiary alicyclic amines) is 2. The number of piperidine rings is 2. The van der Waals surface area contributed by atoms with Crippen LogP contribution in [0.15, 0.2) is 66.7 Å². The number of aliphatic hydroxyl groups is 1. The molecule has 1 aromatic heterocycles. The van der Waals surface area contributed by atoms with Crippen molar-refractivity contribution in [2.75, 3.05) is 107 Å².